The molecule has 4 aliphatic rings. The van der Waals surface area contributed by atoms with Crippen LogP contribution >= 0.6 is 0 Å². The van der Waals surface area contributed by atoms with Crippen LogP contribution in [0.3, 0.4) is 0 Å². The predicted molar refractivity (Wildman–Crippen MR) is 98.9 cm³/mol. The first-order chi connectivity index (χ1) is 12.4. The number of benzene rings is 1. The number of carbonyl (C=O) groups excluding carboxylic acids is 1. The third kappa shape index (κ3) is 3.41. The van der Waals surface area contributed by atoms with Crippen molar-refractivity contribution in [2.75, 3.05) is 13.6 Å². The summed E-state index contributed by atoms with van der Waals surface area (Å²) < 4.78 is 0. The molecular weight excluding hydrogens is 330 g/mol. The van der Waals surface area contributed by atoms with Gasteiger partial charge in [0.15, 0.2) is 0 Å². The third-order valence-corrected chi connectivity index (χ3v) is 6.64. The molecule has 26 heavy (non-hydrogen) atoms. The molecule has 2 amide bonds. The van der Waals surface area contributed by atoms with Crippen LogP contribution in [-0.2, 0) is 6.42 Å². The zero-order valence-corrected chi connectivity index (χ0v) is 15.3. The Kier molecular flexibility index (Phi) is 4.37. The number of rotatable bonds is 5. The Morgan fingerprint density at radius 2 is 1.69 bits per heavy atom. The highest BCUT2D eigenvalue weighted by atomic mass is 16.6. The number of likely N-dealkylation sites (N-methyl/N-ethyl adjacent to an activating group) is 1. The third-order valence-electron chi connectivity index (χ3n) is 6.64. The molecule has 1 aromatic rings. The zero-order valence-electron chi connectivity index (χ0n) is 15.3. The van der Waals surface area contributed by atoms with E-state index in [1.165, 1.54) is 31.4 Å². The standard InChI is InChI=1S/C20H27N3O3/c1-22(7-6-14-2-4-18(5-3-14)23(25)26)19(24)21-20-11-15-8-16(12-20)10-17(9-15)13-20/h2-5,15-17H,6-13H2,1H3,(H,21,24). The molecule has 0 aromatic heterocycles. The van der Waals surface area contributed by atoms with Crippen molar-refractivity contribution in [1.29, 1.82) is 0 Å². The average Bonchev–Trinajstić information content (AvgIpc) is 2.58. The van der Waals surface area contributed by atoms with E-state index in [0.29, 0.717) is 13.0 Å². The molecule has 4 bridgehead atoms. The minimum absolute atomic E-state index is 0.0221. The smallest absolute Gasteiger partial charge is 0.317 e. The number of hydrogen-bond donors (Lipinski definition) is 1. The zero-order chi connectivity index (χ0) is 18.3. The second kappa shape index (κ2) is 6.56. The maximum Gasteiger partial charge on any atom is 0.317 e. The minimum Gasteiger partial charge on any atom is -0.333 e. The molecule has 4 aliphatic carbocycles. The number of urea groups is 1. The van der Waals surface area contributed by atoms with Crippen LogP contribution in [0.15, 0.2) is 24.3 Å². The van der Waals surface area contributed by atoms with Gasteiger partial charge in [-0.05, 0) is 68.3 Å². The Balaban J connectivity index is 1.31. The maximum absolute atomic E-state index is 12.7. The molecule has 140 valence electrons. The van der Waals surface area contributed by atoms with Crippen molar-refractivity contribution in [1.82, 2.24) is 10.2 Å². The Morgan fingerprint density at radius 1 is 1.15 bits per heavy atom. The number of nitro benzene ring substituents is 1. The largest absolute Gasteiger partial charge is 0.333 e. The van der Waals surface area contributed by atoms with Crippen LogP contribution in [0.1, 0.15) is 44.1 Å². The van der Waals surface area contributed by atoms with Gasteiger partial charge < -0.3 is 10.2 Å². The topological polar surface area (TPSA) is 75.5 Å². The van der Waals surface area contributed by atoms with Gasteiger partial charge >= 0.3 is 6.03 Å². The second-order valence-electron chi connectivity index (χ2n) is 8.72. The molecule has 4 fully saturated rings. The second-order valence-corrected chi connectivity index (χ2v) is 8.72. The van der Waals surface area contributed by atoms with Crippen molar-refractivity contribution in [3.63, 3.8) is 0 Å². The Bertz CT molecular complexity index is 665. The number of nitrogens with zero attached hydrogens (tertiary/aromatic N) is 2. The lowest BCUT2D eigenvalue weighted by Crippen LogP contribution is -2.61. The molecule has 0 atom stereocenters. The molecule has 0 spiro atoms. The van der Waals surface area contributed by atoms with E-state index in [0.717, 1.165) is 42.6 Å². The Hall–Kier alpha value is -2.11. The van der Waals surface area contributed by atoms with E-state index in [1.807, 2.05) is 7.05 Å². The quantitative estimate of drug-likeness (QED) is 0.644. The van der Waals surface area contributed by atoms with E-state index in [-0.39, 0.29) is 17.3 Å². The molecule has 0 saturated heterocycles. The van der Waals surface area contributed by atoms with Gasteiger partial charge in [0.1, 0.15) is 0 Å². The average molecular weight is 357 g/mol. The van der Waals surface area contributed by atoms with Crippen molar-refractivity contribution < 1.29 is 9.72 Å². The van der Waals surface area contributed by atoms with Crippen molar-refractivity contribution in [3.05, 3.63) is 39.9 Å². The molecule has 1 aromatic carbocycles. The number of carbonyl (C=O) groups is 1. The molecule has 0 unspecified atom stereocenters. The SMILES string of the molecule is CN(CCc1ccc([N+](=O)[O-])cc1)C(=O)NC12CC3CC(CC(C3)C1)C2. The lowest BCUT2D eigenvalue weighted by molar-refractivity contribution is -0.384. The molecule has 0 aliphatic heterocycles. The highest BCUT2D eigenvalue weighted by Gasteiger charge is 2.51. The van der Waals surface area contributed by atoms with Gasteiger partial charge in [0.25, 0.3) is 5.69 Å². The van der Waals surface area contributed by atoms with Crippen molar-refractivity contribution >= 4 is 11.7 Å². The first kappa shape index (κ1) is 17.3. The van der Waals surface area contributed by atoms with Gasteiger partial charge in [0, 0.05) is 31.3 Å². The first-order valence-electron chi connectivity index (χ1n) is 9.69. The summed E-state index contributed by atoms with van der Waals surface area (Å²) in [5.74, 6) is 2.44. The number of nitro groups is 1. The highest BCUT2D eigenvalue weighted by Crippen LogP contribution is 2.55. The summed E-state index contributed by atoms with van der Waals surface area (Å²) in [5.41, 5.74) is 1.14. The molecule has 4 saturated carbocycles. The lowest BCUT2D eigenvalue weighted by Gasteiger charge is -2.57. The Labute approximate surface area is 154 Å². The minimum atomic E-state index is -0.394. The normalized spacial score (nSPS) is 31.7. The molecular formula is C20H27N3O3. The highest BCUT2D eigenvalue weighted by molar-refractivity contribution is 5.75. The molecule has 0 radical (unpaired) electrons. The summed E-state index contributed by atoms with van der Waals surface area (Å²) in [7, 11) is 1.83. The van der Waals surface area contributed by atoms with Gasteiger partial charge in [-0.25, -0.2) is 4.79 Å². The van der Waals surface area contributed by atoms with Crippen LogP contribution in [-0.4, -0.2) is 35.0 Å². The van der Waals surface area contributed by atoms with Crippen LogP contribution in [0.2, 0.25) is 0 Å². The molecule has 6 heteroatoms. The van der Waals surface area contributed by atoms with Crippen LogP contribution in [0.4, 0.5) is 10.5 Å². The summed E-state index contributed by atoms with van der Waals surface area (Å²) in [6.07, 6.45) is 8.26. The molecule has 5 rings (SSSR count). The number of non-ortho nitro benzene ring substituents is 1. The van der Waals surface area contributed by atoms with Crippen molar-refractivity contribution in [2.45, 2.75) is 50.5 Å². The van der Waals surface area contributed by atoms with E-state index in [2.05, 4.69) is 5.32 Å². The first-order valence-corrected chi connectivity index (χ1v) is 9.69. The van der Waals surface area contributed by atoms with Gasteiger partial charge in [-0.3, -0.25) is 10.1 Å². The molecule has 0 heterocycles. The van der Waals surface area contributed by atoms with Crippen LogP contribution < -0.4 is 5.32 Å². The Morgan fingerprint density at radius 3 is 2.19 bits per heavy atom. The monoisotopic (exact) mass is 357 g/mol. The van der Waals surface area contributed by atoms with Crippen LogP contribution in [0.25, 0.3) is 0 Å². The van der Waals surface area contributed by atoms with Crippen molar-refractivity contribution in [2.24, 2.45) is 17.8 Å². The summed E-state index contributed by atoms with van der Waals surface area (Å²) >= 11 is 0. The number of nitrogens with one attached hydrogen (secondary N) is 1. The van der Waals surface area contributed by atoms with Gasteiger partial charge in [-0.1, -0.05) is 12.1 Å². The van der Waals surface area contributed by atoms with Gasteiger partial charge in [0.05, 0.1) is 4.92 Å². The summed E-state index contributed by atoms with van der Waals surface area (Å²) in [6, 6.07) is 6.59. The van der Waals surface area contributed by atoms with Gasteiger partial charge in [0.2, 0.25) is 0 Å². The fraction of sp³-hybridized carbons (Fsp3) is 0.650. The summed E-state index contributed by atoms with van der Waals surface area (Å²) in [6.45, 7) is 0.607. The van der Waals surface area contributed by atoms with Crippen LogP contribution in [0, 0.1) is 27.9 Å². The fourth-order valence-electron chi connectivity index (χ4n) is 5.77. The van der Waals surface area contributed by atoms with E-state index in [4.69, 9.17) is 0 Å². The molecule has 1 N–H and O–H groups in total. The van der Waals surface area contributed by atoms with Crippen molar-refractivity contribution in [3.8, 4) is 0 Å². The van der Waals surface area contributed by atoms with E-state index in [1.54, 1.807) is 17.0 Å². The summed E-state index contributed by atoms with van der Waals surface area (Å²) in [5, 5.41) is 14.1. The van der Waals surface area contributed by atoms with Gasteiger partial charge in [-0.2, -0.15) is 0 Å². The van der Waals surface area contributed by atoms with E-state index >= 15 is 0 Å². The number of hydrogen-bond acceptors (Lipinski definition) is 3. The molecule has 6 nitrogen and oxygen atoms in total. The number of amides is 2. The lowest BCUT2D eigenvalue weighted by atomic mass is 9.53. The van der Waals surface area contributed by atoms with E-state index < -0.39 is 4.92 Å². The van der Waals surface area contributed by atoms with Crippen LogP contribution in [0.5, 0.6) is 0 Å². The predicted octanol–water partition coefficient (Wildman–Crippen LogP) is 3.75. The fourth-order valence-corrected chi connectivity index (χ4v) is 5.77. The maximum atomic E-state index is 12.7. The van der Waals surface area contributed by atoms with E-state index in [9.17, 15) is 14.9 Å². The summed E-state index contributed by atoms with van der Waals surface area (Å²) in [4.78, 5) is 24.8. The van der Waals surface area contributed by atoms with Gasteiger partial charge in [-0.15, -0.1) is 0 Å².